The molecule has 0 aromatic carbocycles. The Balaban J connectivity index is 1.78. The van der Waals surface area contributed by atoms with Crippen molar-refractivity contribution in [3.05, 3.63) is 23.8 Å². The van der Waals surface area contributed by atoms with E-state index in [1.807, 2.05) is 6.92 Å². The number of carbonyl (C=O) groups is 2. The van der Waals surface area contributed by atoms with E-state index >= 15 is 0 Å². The summed E-state index contributed by atoms with van der Waals surface area (Å²) in [5.74, 6) is 1.80. The van der Waals surface area contributed by atoms with Crippen LogP contribution in [0, 0.1) is 39.9 Å². The fourth-order valence-corrected chi connectivity index (χ4v) is 7.84. The van der Waals surface area contributed by atoms with E-state index < -0.39 is 6.10 Å². The van der Waals surface area contributed by atoms with Gasteiger partial charge in [-0.1, -0.05) is 46.3 Å². The Morgan fingerprint density at radius 3 is 2.67 bits per heavy atom. The smallest absolute Gasteiger partial charge is 0.178 e. The largest absolute Gasteiger partial charge is 0.393 e. The van der Waals surface area contributed by atoms with Crippen molar-refractivity contribution < 1.29 is 14.7 Å². The average molecular weight is 371 g/mol. The highest BCUT2D eigenvalue weighted by Crippen LogP contribution is 2.71. The van der Waals surface area contributed by atoms with E-state index in [1.165, 1.54) is 5.57 Å². The molecule has 4 aliphatic rings. The maximum atomic E-state index is 13.1. The lowest BCUT2D eigenvalue weighted by Gasteiger charge is -2.60. The fourth-order valence-electron chi connectivity index (χ4n) is 7.84. The Morgan fingerprint density at radius 1 is 1.30 bits per heavy atom. The van der Waals surface area contributed by atoms with Gasteiger partial charge in [0.15, 0.2) is 5.78 Å². The molecule has 3 fully saturated rings. The summed E-state index contributed by atoms with van der Waals surface area (Å²) in [6.45, 7) is 10.9. The van der Waals surface area contributed by atoms with Crippen LogP contribution in [0.5, 0.6) is 0 Å². The summed E-state index contributed by atoms with van der Waals surface area (Å²) in [5, 5.41) is 11.4. The van der Waals surface area contributed by atoms with E-state index in [4.69, 9.17) is 0 Å². The Labute approximate surface area is 163 Å². The van der Waals surface area contributed by atoms with Crippen LogP contribution in [0.4, 0.5) is 0 Å². The summed E-state index contributed by atoms with van der Waals surface area (Å²) in [7, 11) is 0. The number of carbonyl (C=O) groups excluding carboxylic acids is 2. The summed E-state index contributed by atoms with van der Waals surface area (Å²) in [6.07, 6.45) is 9.41. The van der Waals surface area contributed by atoms with Crippen LogP contribution in [0.3, 0.4) is 0 Å². The summed E-state index contributed by atoms with van der Waals surface area (Å²) in [4.78, 5) is 25.0. The maximum Gasteiger partial charge on any atom is 0.178 e. The van der Waals surface area contributed by atoms with Crippen LogP contribution in [-0.4, -0.2) is 22.8 Å². The minimum absolute atomic E-state index is 0.0756. The zero-order chi connectivity index (χ0) is 19.8. The highest BCUT2D eigenvalue weighted by Gasteiger charge is 2.68. The molecule has 0 radical (unpaired) electrons. The molecule has 0 saturated heterocycles. The number of hydrogen-bond acceptors (Lipinski definition) is 3. The predicted molar refractivity (Wildman–Crippen MR) is 106 cm³/mol. The van der Waals surface area contributed by atoms with Crippen molar-refractivity contribution >= 4 is 11.6 Å². The molecule has 0 spiro atoms. The number of Topliss-reactive ketones (excluding diaryl/α,β-unsaturated/α-hetero) is 1. The number of fused-ring (bicyclic) bond motifs is 5. The highest BCUT2D eigenvalue weighted by molar-refractivity contribution is 6.01. The normalized spacial score (nSPS) is 51.3. The second kappa shape index (κ2) is 5.89. The average Bonchev–Trinajstić information content (AvgIpc) is 2.82. The van der Waals surface area contributed by atoms with Crippen molar-refractivity contribution in [3.8, 4) is 0 Å². The Bertz CT molecular complexity index is 749. The number of aliphatic hydroxyl groups is 1. The molecule has 8 atom stereocenters. The quantitative estimate of drug-likeness (QED) is 0.779. The SMILES string of the molecule is CCC(=O)C1(C)C(C)CC2[C@@H]3CCC4=CC(=O)C=CC4(C)C3C(O)CC21C. The number of hydrogen-bond donors (Lipinski definition) is 1. The van der Waals surface area contributed by atoms with Crippen molar-refractivity contribution in [1.29, 1.82) is 0 Å². The molecule has 3 saturated carbocycles. The van der Waals surface area contributed by atoms with E-state index in [9.17, 15) is 14.7 Å². The Morgan fingerprint density at radius 2 is 2.00 bits per heavy atom. The van der Waals surface area contributed by atoms with E-state index in [-0.39, 0.29) is 27.9 Å². The highest BCUT2D eigenvalue weighted by atomic mass is 16.3. The van der Waals surface area contributed by atoms with E-state index in [2.05, 4.69) is 33.8 Å². The van der Waals surface area contributed by atoms with Gasteiger partial charge >= 0.3 is 0 Å². The second-order valence-corrected chi connectivity index (χ2v) is 10.3. The van der Waals surface area contributed by atoms with Gasteiger partial charge in [-0.05, 0) is 61.0 Å². The molecule has 0 bridgehead atoms. The van der Waals surface area contributed by atoms with Gasteiger partial charge in [0.1, 0.15) is 5.78 Å². The molecule has 4 rings (SSSR count). The van der Waals surface area contributed by atoms with Gasteiger partial charge < -0.3 is 5.11 Å². The molecule has 148 valence electrons. The molecule has 0 aromatic rings. The van der Waals surface area contributed by atoms with E-state index in [0.29, 0.717) is 36.4 Å². The molecular weight excluding hydrogens is 336 g/mol. The number of aliphatic hydroxyl groups excluding tert-OH is 1. The monoisotopic (exact) mass is 370 g/mol. The molecule has 0 aliphatic heterocycles. The lowest BCUT2D eigenvalue weighted by Crippen LogP contribution is -2.58. The van der Waals surface area contributed by atoms with Crippen molar-refractivity contribution in [1.82, 2.24) is 0 Å². The van der Waals surface area contributed by atoms with Gasteiger partial charge in [-0.3, -0.25) is 9.59 Å². The maximum absolute atomic E-state index is 13.1. The van der Waals surface area contributed by atoms with Gasteiger partial charge in [0.05, 0.1) is 6.10 Å². The first-order chi connectivity index (χ1) is 12.6. The molecule has 0 amide bonds. The second-order valence-electron chi connectivity index (χ2n) is 10.3. The van der Waals surface area contributed by atoms with Gasteiger partial charge in [0, 0.05) is 23.2 Å². The molecule has 3 heteroatoms. The van der Waals surface area contributed by atoms with Crippen LogP contribution in [0.15, 0.2) is 23.8 Å². The van der Waals surface area contributed by atoms with Gasteiger partial charge in [-0.15, -0.1) is 0 Å². The molecule has 7 unspecified atom stereocenters. The third-order valence-corrected chi connectivity index (χ3v) is 9.57. The zero-order valence-corrected chi connectivity index (χ0v) is 17.4. The van der Waals surface area contributed by atoms with Crippen molar-refractivity contribution in [2.45, 2.75) is 72.8 Å². The molecule has 1 N–H and O–H groups in total. The summed E-state index contributed by atoms with van der Waals surface area (Å²) < 4.78 is 0. The molecule has 0 aromatic heterocycles. The zero-order valence-electron chi connectivity index (χ0n) is 17.4. The topological polar surface area (TPSA) is 54.4 Å². The van der Waals surface area contributed by atoms with Gasteiger partial charge in [-0.25, -0.2) is 0 Å². The Kier molecular flexibility index (Phi) is 4.17. The summed E-state index contributed by atoms with van der Waals surface area (Å²) >= 11 is 0. The van der Waals surface area contributed by atoms with Crippen LogP contribution in [0.2, 0.25) is 0 Å². The molecule has 3 nitrogen and oxygen atoms in total. The van der Waals surface area contributed by atoms with Gasteiger partial charge in [0.25, 0.3) is 0 Å². The van der Waals surface area contributed by atoms with E-state index in [1.54, 1.807) is 12.2 Å². The van der Waals surface area contributed by atoms with Crippen LogP contribution in [0.25, 0.3) is 0 Å². The first kappa shape index (κ1) is 19.1. The van der Waals surface area contributed by atoms with Gasteiger partial charge in [-0.2, -0.15) is 0 Å². The van der Waals surface area contributed by atoms with Crippen LogP contribution < -0.4 is 0 Å². The number of rotatable bonds is 2. The molecule has 27 heavy (non-hydrogen) atoms. The lowest BCUT2D eigenvalue weighted by atomic mass is 9.44. The third kappa shape index (κ3) is 2.24. The fraction of sp³-hybridized carbons (Fsp3) is 0.750. The lowest BCUT2D eigenvalue weighted by molar-refractivity contribution is -0.155. The summed E-state index contributed by atoms with van der Waals surface area (Å²) in [5.41, 5.74) is 0.464. The first-order valence-corrected chi connectivity index (χ1v) is 10.7. The first-order valence-electron chi connectivity index (χ1n) is 10.7. The molecular formula is C24H34O3. The molecule has 0 heterocycles. The van der Waals surface area contributed by atoms with Crippen LogP contribution in [0.1, 0.15) is 66.7 Å². The van der Waals surface area contributed by atoms with Crippen molar-refractivity contribution in [3.63, 3.8) is 0 Å². The minimum atomic E-state index is -0.433. The number of ketones is 2. The van der Waals surface area contributed by atoms with Crippen LogP contribution in [-0.2, 0) is 9.59 Å². The summed E-state index contributed by atoms with van der Waals surface area (Å²) in [6, 6.07) is 0. The molecule has 4 aliphatic carbocycles. The number of allylic oxidation sites excluding steroid dienone is 4. The van der Waals surface area contributed by atoms with Crippen molar-refractivity contribution in [2.24, 2.45) is 39.9 Å². The van der Waals surface area contributed by atoms with Gasteiger partial charge in [0.2, 0.25) is 0 Å². The van der Waals surface area contributed by atoms with E-state index in [0.717, 1.165) is 19.3 Å². The minimum Gasteiger partial charge on any atom is -0.393 e. The predicted octanol–water partition coefficient (Wildman–Crippen LogP) is 4.50. The Hall–Kier alpha value is -1.22. The standard InChI is InChI=1S/C24H34O3/c1-6-20(27)24(5)14(2)11-18-17-8-7-15-12-16(25)9-10-22(15,3)21(17)19(26)13-23(18,24)4/h9-10,12,14,17-19,21,26H,6-8,11,13H2,1-5H3/t14?,17-,18?,19?,21?,22?,23?,24?/m0/s1. The van der Waals surface area contributed by atoms with Crippen molar-refractivity contribution in [2.75, 3.05) is 0 Å². The third-order valence-electron chi connectivity index (χ3n) is 9.57. The van der Waals surface area contributed by atoms with Crippen LogP contribution >= 0.6 is 0 Å².